The smallest absolute Gasteiger partial charge is 0.242 e. The number of nitrogens with zero attached hydrogens (tertiary/aromatic N) is 1. The van der Waals surface area contributed by atoms with E-state index in [0.717, 1.165) is 20.3 Å². The van der Waals surface area contributed by atoms with Crippen molar-refractivity contribution in [1.29, 1.82) is 0 Å². The van der Waals surface area contributed by atoms with Crippen LogP contribution in [-0.4, -0.2) is 38.0 Å². The van der Waals surface area contributed by atoms with Crippen molar-refractivity contribution in [3.8, 4) is 0 Å². The van der Waals surface area contributed by atoms with Crippen molar-refractivity contribution in [2.24, 2.45) is 0 Å². The van der Waals surface area contributed by atoms with Gasteiger partial charge < -0.3 is 5.32 Å². The summed E-state index contributed by atoms with van der Waals surface area (Å²) in [6.45, 7) is 5.48. The molecule has 0 aliphatic carbocycles. The summed E-state index contributed by atoms with van der Waals surface area (Å²) in [5, 5.41) is 3.14. The molecule has 146 valence electrons. The Morgan fingerprint density at radius 1 is 1.15 bits per heavy atom. The lowest BCUT2D eigenvalue weighted by Crippen LogP contribution is -2.25. The van der Waals surface area contributed by atoms with Gasteiger partial charge >= 0.3 is 0 Å². The van der Waals surface area contributed by atoms with Crippen LogP contribution in [0.25, 0.3) is 0 Å². The Hall–Kier alpha value is -1.54. The third-order valence-corrected chi connectivity index (χ3v) is 7.33. The molecule has 0 aliphatic rings. The highest BCUT2D eigenvalue weighted by molar-refractivity contribution is 8.00. The molecule has 0 radical (unpaired) electrons. The number of hydrogen-bond acceptors (Lipinski definition) is 4. The van der Waals surface area contributed by atoms with Crippen molar-refractivity contribution in [2.75, 3.05) is 19.4 Å². The molecule has 0 aliphatic heterocycles. The number of nitrogens with one attached hydrogen (secondary N) is 1. The Balaban J connectivity index is 2.24. The number of hydrogen-bond donors (Lipinski definition) is 1. The molecule has 0 saturated heterocycles. The van der Waals surface area contributed by atoms with Crippen LogP contribution in [0.1, 0.15) is 18.1 Å². The molecule has 0 spiro atoms. The van der Waals surface area contributed by atoms with E-state index in [1.807, 2.05) is 26.0 Å². The zero-order chi connectivity index (χ0) is 20.4. The summed E-state index contributed by atoms with van der Waals surface area (Å²) in [6.07, 6.45) is 0. The first kappa shape index (κ1) is 21.8. The van der Waals surface area contributed by atoms with Crippen LogP contribution < -0.4 is 5.32 Å². The Morgan fingerprint density at radius 2 is 1.74 bits per heavy atom. The van der Waals surface area contributed by atoms with Crippen LogP contribution in [-0.2, 0) is 14.8 Å². The molecule has 1 N–H and O–H groups in total. The zero-order valence-electron chi connectivity index (χ0n) is 15.9. The quantitative estimate of drug-likeness (QED) is 0.698. The minimum Gasteiger partial charge on any atom is -0.325 e. The van der Waals surface area contributed by atoms with E-state index in [1.54, 1.807) is 25.1 Å². The summed E-state index contributed by atoms with van der Waals surface area (Å²) in [6, 6.07) is 10.4. The molecule has 2 rings (SSSR count). The second-order valence-electron chi connectivity index (χ2n) is 6.40. The van der Waals surface area contributed by atoms with Crippen molar-refractivity contribution >= 4 is 45.0 Å². The van der Waals surface area contributed by atoms with Crippen molar-refractivity contribution in [3.05, 3.63) is 52.5 Å². The molecule has 1 unspecified atom stereocenters. The molecule has 0 fully saturated rings. The fourth-order valence-electron chi connectivity index (χ4n) is 2.32. The number of carbonyl (C=O) groups excluding carboxylic acids is 1. The van der Waals surface area contributed by atoms with Crippen LogP contribution >= 0.6 is 23.4 Å². The van der Waals surface area contributed by atoms with E-state index in [9.17, 15) is 13.2 Å². The summed E-state index contributed by atoms with van der Waals surface area (Å²) < 4.78 is 26.0. The monoisotopic (exact) mass is 426 g/mol. The Bertz CT molecular complexity index is 942. The van der Waals surface area contributed by atoms with Crippen LogP contribution in [0.15, 0.2) is 46.2 Å². The lowest BCUT2D eigenvalue weighted by Gasteiger charge is -2.18. The fraction of sp³-hybridized carbons (Fsp3) is 0.316. The van der Waals surface area contributed by atoms with Crippen molar-refractivity contribution in [1.82, 2.24) is 4.31 Å². The molecule has 1 amide bonds. The molecule has 5 nitrogen and oxygen atoms in total. The topological polar surface area (TPSA) is 66.5 Å². The maximum Gasteiger partial charge on any atom is 0.242 e. The van der Waals surface area contributed by atoms with Gasteiger partial charge in [-0.05, 0) is 68.3 Å². The number of amides is 1. The maximum atomic E-state index is 12.6. The molecule has 27 heavy (non-hydrogen) atoms. The number of thioether (sulfide) groups is 1. The third-order valence-electron chi connectivity index (χ3n) is 4.17. The number of anilines is 1. The first-order valence-corrected chi connectivity index (χ1v) is 11.0. The summed E-state index contributed by atoms with van der Waals surface area (Å²) in [5.41, 5.74) is 2.14. The number of aryl methyl sites for hydroxylation is 1. The molecule has 1 atom stereocenters. The largest absolute Gasteiger partial charge is 0.325 e. The summed E-state index contributed by atoms with van der Waals surface area (Å²) in [7, 11) is -0.623. The molecule has 0 heterocycles. The molecular weight excluding hydrogens is 404 g/mol. The molecule has 2 aromatic carbocycles. The lowest BCUT2D eigenvalue weighted by molar-refractivity contribution is -0.115. The average molecular weight is 427 g/mol. The van der Waals surface area contributed by atoms with Gasteiger partial charge in [0.1, 0.15) is 0 Å². The minimum atomic E-state index is -3.58. The number of sulfonamides is 1. The third kappa shape index (κ3) is 5.25. The summed E-state index contributed by atoms with van der Waals surface area (Å²) in [4.78, 5) is 13.7. The van der Waals surface area contributed by atoms with Gasteiger partial charge in [0.15, 0.2) is 0 Å². The zero-order valence-corrected chi connectivity index (χ0v) is 18.3. The minimum absolute atomic E-state index is 0.156. The molecular formula is C19H23ClN2O3S2. The SMILES string of the molecule is Cc1cc(S(=O)(=O)N(C)C)cc(NC(=O)C(C)Sc2ccc(Cl)cc2)c1C. The van der Waals surface area contributed by atoms with E-state index in [1.165, 1.54) is 31.9 Å². The van der Waals surface area contributed by atoms with Gasteiger partial charge in [-0.3, -0.25) is 4.79 Å². The molecule has 0 aromatic heterocycles. The number of carbonyl (C=O) groups is 1. The van der Waals surface area contributed by atoms with Crippen LogP contribution in [0.4, 0.5) is 5.69 Å². The van der Waals surface area contributed by atoms with Gasteiger partial charge in [-0.2, -0.15) is 0 Å². The van der Waals surface area contributed by atoms with Gasteiger partial charge in [-0.1, -0.05) is 11.6 Å². The van der Waals surface area contributed by atoms with Crippen LogP contribution in [0.5, 0.6) is 0 Å². The average Bonchev–Trinajstić information content (AvgIpc) is 2.60. The van der Waals surface area contributed by atoms with Crippen molar-refractivity contribution in [2.45, 2.75) is 35.8 Å². The summed E-state index contributed by atoms with van der Waals surface area (Å²) in [5.74, 6) is -0.197. The Labute approximate surface area is 170 Å². The highest BCUT2D eigenvalue weighted by atomic mass is 35.5. The predicted molar refractivity (Wildman–Crippen MR) is 112 cm³/mol. The van der Waals surface area contributed by atoms with E-state index in [0.29, 0.717) is 10.7 Å². The molecule has 0 bridgehead atoms. The Morgan fingerprint density at radius 3 is 2.30 bits per heavy atom. The lowest BCUT2D eigenvalue weighted by atomic mass is 10.1. The van der Waals surface area contributed by atoms with Gasteiger partial charge in [0.05, 0.1) is 10.1 Å². The first-order chi connectivity index (χ1) is 12.5. The molecule has 2 aromatic rings. The second kappa shape index (κ2) is 8.65. The van der Waals surface area contributed by atoms with E-state index in [2.05, 4.69) is 5.32 Å². The van der Waals surface area contributed by atoms with E-state index in [4.69, 9.17) is 11.6 Å². The van der Waals surface area contributed by atoms with Gasteiger partial charge in [-0.15, -0.1) is 11.8 Å². The van der Waals surface area contributed by atoms with Crippen LogP contribution in [0.3, 0.4) is 0 Å². The standard InChI is InChI=1S/C19H23ClN2O3S2/c1-12-10-17(27(24,25)22(4)5)11-18(13(12)2)21-19(23)14(3)26-16-8-6-15(20)7-9-16/h6-11,14H,1-5H3,(H,21,23). The van der Waals surface area contributed by atoms with Crippen LogP contribution in [0.2, 0.25) is 5.02 Å². The van der Waals surface area contributed by atoms with Gasteiger partial charge in [0.25, 0.3) is 0 Å². The van der Waals surface area contributed by atoms with Gasteiger partial charge in [0.2, 0.25) is 15.9 Å². The highest BCUT2D eigenvalue weighted by Crippen LogP contribution is 2.28. The van der Waals surface area contributed by atoms with Gasteiger partial charge in [0, 0.05) is 29.7 Å². The van der Waals surface area contributed by atoms with E-state index in [-0.39, 0.29) is 16.1 Å². The number of benzene rings is 2. The van der Waals surface area contributed by atoms with Crippen molar-refractivity contribution in [3.63, 3.8) is 0 Å². The maximum absolute atomic E-state index is 12.6. The number of rotatable bonds is 6. The first-order valence-electron chi connectivity index (χ1n) is 8.29. The van der Waals surface area contributed by atoms with Crippen molar-refractivity contribution < 1.29 is 13.2 Å². The predicted octanol–water partition coefficient (Wildman–Crippen LogP) is 4.33. The molecule has 0 saturated carbocycles. The molecule has 8 heteroatoms. The van der Waals surface area contributed by atoms with Gasteiger partial charge in [-0.25, -0.2) is 12.7 Å². The normalized spacial score (nSPS) is 12.9. The van der Waals surface area contributed by atoms with E-state index < -0.39 is 10.0 Å². The highest BCUT2D eigenvalue weighted by Gasteiger charge is 2.21. The Kier molecular flexibility index (Phi) is 6.97. The fourth-order valence-corrected chi connectivity index (χ4v) is 4.33. The second-order valence-corrected chi connectivity index (χ2v) is 10.4. The number of halogens is 1. The summed E-state index contributed by atoms with van der Waals surface area (Å²) >= 11 is 7.29. The van der Waals surface area contributed by atoms with E-state index >= 15 is 0 Å². The van der Waals surface area contributed by atoms with Crippen LogP contribution in [0, 0.1) is 13.8 Å².